The van der Waals surface area contributed by atoms with Gasteiger partial charge < -0.3 is 14.2 Å². The van der Waals surface area contributed by atoms with Gasteiger partial charge in [0.05, 0.1) is 0 Å². The molecule has 0 aliphatic rings. The van der Waals surface area contributed by atoms with Crippen molar-refractivity contribution in [2.45, 2.75) is 348 Å². The number of carbonyl (C=O) groups is 3. The molecule has 0 amide bonds. The third-order valence-corrected chi connectivity index (χ3v) is 15.0. The fourth-order valence-electron chi connectivity index (χ4n) is 9.85. The predicted molar refractivity (Wildman–Crippen MR) is 353 cm³/mol. The van der Waals surface area contributed by atoms with Gasteiger partial charge in [0.25, 0.3) is 0 Å². The van der Waals surface area contributed by atoms with Crippen LogP contribution in [0.15, 0.2) is 97.2 Å². The van der Waals surface area contributed by atoms with E-state index in [0.717, 1.165) is 103 Å². The van der Waals surface area contributed by atoms with Crippen molar-refractivity contribution in [3.8, 4) is 0 Å². The van der Waals surface area contributed by atoms with Gasteiger partial charge in [0.1, 0.15) is 13.2 Å². The van der Waals surface area contributed by atoms with Crippen LogP contribution in [0.5, 0.6) is 0 Å². The number of carbonyl (C=O) groups excluding carboxylic acids is 3. The molecule has 1 unspecified atom stereocenters. The van der Waals surface area contributed by atoms with Gasteiger partial charge in [0.2, 0.25) is 0 Å². The second-order valence-corrected chi connectivity index (χ2v) is 23.1. The molecule has 0 fully saturated rings. The molecule has 6 nitrogen and oxygen atoms in total. The van der Waals surface area contributed by atoms with Gasteiger partial charge in [0.15, 0.2) is 6.10 Å². The van der Waals surface area contributed by atoms with Crippen molar-refractivity contribution in [2.75, 3.05) is 13.2 Å². The Balaban J connectivity index is 4.25. The molecule has 0 rings (SSSR count). The molecular formula is C75H130O6. The third kappa shape index (κ3) is 67.0. The Morgan fingerprint density at radius 2 is 0.481 bits per heavy atom. The molecule has 6 heteroatoms. The largest absolute Gasteiger partial charge is 0.462 e. The molecule has 0 saturated heterocycles. The Labute approximate surface area is 502 Å². The standard InChI is InChI=1S/C75H130O6/c1-4-7-10-13-16-19-22-25-27-29-31-32-33-34-35-36-37-38-39-40-41-42-44-45-47-50-53-56-59-62-65-68-74(77)80-71-72(70-79-73(76)67-64-61-58-55-52-49-24-21-18-15-12-9-6-3)81-75(78)69-66-63-60-57-54-51-48-46-43-30-28-26-23-20-17-14-11-8-5-2/h7,10,16,19,21,24-28,31-32,34-35,37-38,72H,4-6,8-9,11-15,17-18,20,22-23,29-30,33,36,39-71H2,1-3H3/b10-7-,19-16-,24-21-,27-25-,28-26-,32-31-,35-34-,38-37-. The summed E-state index contributed by atoms with van der Waals surface area (Å²) in [5.41, 5.74) is 0. The normalized spacial score (nSPS) is 12.7. The number of allylic oxidation sites excluding steroid dienone is 16. The van der Waals surface area contributed by atoms with Crippen LogP contribution in [0, 0.1) is 0 Å². The van der Waals surface area contributed by atoms with Crippen molar-refractivity contribution in [1.82, 2.24) is 0 Å². The van der Waals surface area contributed by atoms with Crippen molar-refractivity contribution < 1.29 is 28.6 Å². The second kappa shape index (κ2) is 68.8. The van der Waals surface area contributed by atoms with Crippen molar-refractivity contribution in [3.63, 3.8) is 0 Å². The summed E-state index contributed by atoms with van der Waals surface area (Å²) in [5.74, 6) is -0.877. The minimum absolute atomic E-state index is 0.0794. The fourth-order valence-corrected chi connectivity index (χ4v) is 9.85. The van der Waals surface area contributed by atoms with Gasteiger partial charge in [-0.25, -0.2) is 0 Å². The van der Waals surface area contributed by atoms with Crippen molar-refractivity contribution in [3.05, 3.63) is 97.2 Å². The number of esters is 3. The van der Waals surface area contributed by atoms with E-state index in [2.05, 4.69) is 118 Å². The van der Waals surface area contributed by atoms with Gasteiger partial charge in [0, 0.05) is 19.3 Å². The third-order valence-electron chi connectivity index (χ3n) is 15.0. The zero-order valence-corrected chi connectivity index (χ0v) is 53.5. The summed E-state index contributed by atoms with van der Waals surface area (Å²) in [4.78, 5) is 38.4. The molecule has 0 aliphatic heterocycles. The Hall–Kier alpha value is -3.67. The Morgan fingerprint density at radius 1 is 0.259 bits per heavy atom. The molecule has 0 spiro atoms. The second-order valence-electron chi connectivity index (χ2n) is 23.1. The van der Waals surface area contributed by atoms with Crippen LogP contribution in [0.2, 0.25) is 0 Å². The molecule has 0 radical (unpaired) electrons. The number of ether oxygens (including phenoxy) is 3. The smallest absolute Gasteiger partial charge is 0.306 e. The molecule has 0 aromatic rings. The Morgan fingerprint density at radius 3 is 0.778 bits per heavy atom. The van der Waals surface area contributed by atoms with Crippen molar-refractivity contribution in [1.29, 1.82) is 0 Å². The first-order valence-corrected chi connectivity index (χ1v) is 34.7. The Bertz CT molecular complexity index is 1580. The molecule has 1 atom stereocenters. The van der Waals surface area contributed by atoms with Gasteiger partial charge in [-0.3, -0.25) is 14.4 Å². The summed E-state index contributed by atoms with van der Waals surface area (Å²) < 4.78 is 17.0. The molecule has 466 valence electrons. The molecule has 0 N–H and O–H groups in total. The maximum Gasteiger partial charge on any atom is 0.306 e. The van der Waals surface area contributed by atoms with Crippen LogP contribution in [0.4, 0.5) is 0 Å². The van der Waals surface area contributed by atoms with E-state index in [9.17, 15) is 14.4 Å². The molecule has 0 aromatic heterocycles. The molecule has 0 aromatic carbocycles. The number of hydrogen-bond acceptors (Lipinski definition) is 6. The van der Waals surface area contributed by atoms with E-state index in [4.69, 9.17) is 14.2 Å². The van der Waals surface area contributed by atoms with Crippen LogP contribution in [0.25, 0.3) is 0 Å². The number of rotatable bonds is 63. The molecule has 0 heterocycles. The quantitative estimate of drug-likeness (QED) is 0.0261. The average Bonchev–Trinajstić information content (AvgIpc) is 3.46. The van der Waals surface area contributed by atoms with Crippen molar-refractivity contribution in [2.24, 2.45) is 0 Å². The van der Waals surface area contributed by atoms with Gasteiger partial charge in [-0.1, -0.05) is 298 Å². The summed E-state index contributed by atoms with van der Waals surface area (Å²) in [6.45, 7) is 6.53. The maximum absolute atomic E-state index is 12.9. The van der Waals surface area contributed by atoms with Gasteiger partial charge >= 0.3 is 17.9 Å². The van der Waals surface area contributed by atoms with Crippen LogP contribution >= 0.6 is 0 Å². The molecule has 0 aliphatic carbocycles. The summed E-state index contributed by atoms with van der Waals surface area (Å²) in [6, 6.07) is 0. The zero-order valence-electron chi connectivity index (χ0n) is 53.5. The number of hydrogen-bond donors (Lipinski definition) is 0. The van der Waals surface area contributed by atoms with E-state index in [0.29, 0.717) is 19.3 Å². The van der Waals surface area contributed by atoms with Gasteiger partial charge in [-0.05, 0) is 122 Å². The lowest BCUT2D eigenvalue weighted by atomic mass is 10.0. The lowest BCUT2D eigenvalue weighted by Gasteiger charge is -2.18. The van der Waals surface area contributed by atoms with Crippen LogP contribution in [0.1, 0.15) is 342 Å². The first-order valence-electron chi connectivity index (χ1n) is 34.7. The minimum atomic E-state index is -0.783. The first-order chi connectivity index (χ1) is 40.0. The van der Waals surface area contributed by atoms with Crippen LogP contribution < -0.4 is 0 Å². The lowest BCUT2D eigenvalue weighted by molar-refractivity contribution is -0.167. The zero-order chi connectivity index (χ0) is 58.5. The predicted octanol–water partition coefficient (Wildman–Crippen LogP) is 24.0. The van der Waals surface area contributed by atoms with E-state index in [1.54, 1.807) is 0 Å². The summed E-state index contributed by atoms with van der Waals surface area (Å²) in [5, 5.41) is 0. The Kier molecular flexibility index (Phi) is 65.7. The van der Waals surface area contributed by atoms with E-state index >= 15 is 0 Å². The van der Waals surface area contributed by atoms with E-state index in [1.807, 2.05) is 0 Å². The highest BCUT2D eigenvalue weighted by Gasteiger charge is 2.19. The fraction of sp³-hybridized carbons (Fsp3) is 0.747. The molecule has 0 bridgehead atoms. The molecular weight excluding hydrogens is 997 g/mol. The monoisotopic (exact) mass is 1130 g/mol. The van der Waals surface area contributed by atoms with Crippen LogP contribution in [-0.4, -0.2) is 37.2 Å². The van der Waals surface area contributed by atoms with E-state index in [-0.39, 0.29) is 31.1 Å². The van der Waals surface area contributed by atoms with Crippen molar-refractivity contribution >= 4 is 17.9 Å². The summed E-state index contributed by atoms with van der Waals surface area (Å²) in [6.07, 6.45) is 92.8. The highest BCUT2D eigenvalue weighted by atomic mass is 16.6. The highest BCUT2D eigenvalue weighted by molar-refractivity contribution is 5.71. The van der Waals surface area contributed by atoms with E-state index in [1.165, 1.54) is 199 Å². The lowest BCUT2D eigenvalue weighted by Crippen LogP contribution is -2.30. The number of unbranched alkanes of at least 4 members (excludes halogenated alkanes) is 36. The van der Waals surface area contributed by atoms with Crippen LogP contribution in [-0.2, 0) is 28.6 Å². The van der Waals surface area contributed by atoms with E-state index < -0.39 is 6.10 Å². The maximum atomic E-state index is 12.9. The van der Waals surface area contributed by atoms with Crippen LogP contribution in [0.3, 0.4) is 0 Å². The topological polar surface area (TPSA) is 78.9 Å². The first kappa shape index (κ1) is 77.3. The van der Waals surface area contributed by atoms with Gasteiger partial charge in [-0.2, -0.15) is 0 Å². The molecule has 81 heavy (non-hydrogen) atoms. The SMILES string of the molecule is CC/C=C\C/C=C\C/C=C\C/C=C\C/C=C\C/C=C\CCCCCCCCCCCCCCC(=O)OCC(COC(=O)CCCCCCC/C=C\CCCCCC)OC(=O)CCCCCCCCCCC/C=C\CCCCCCCC. The highest BCUT2D eigenvalue weighted by Crippen LogP contribution is 2.17. The van der Waals surface area contributed by atoms with Gasteiger partial charge in [-0.15, -0.1) is 0 Å². The minimum Gasteiger partial charge on any atom is -0.462 e. The average molecular weight is 1130 g/mol. The summed E-state index contributed by atoms with van der Waals surface area (Å²) in [7, 11) is 0. The molecule has 0 saturated carbocycles. The summed E-state index contributed by atoms with van der Waals surface area (Å²) >= 11 is 0.